The second-order valence-corrected chi connectivity index (χ2v) is 9.36. The zero-order chi connectivity index (χ0) is 26.0. The summed E-state index contributed by atoms with van der Waals surface area (Å²) in [6.45, 7) is 2.75. The molecule has 3 aromatic rings. The minimum Gasteiger partial charge on any atom is -0.480 e. The van der Waals surface area contributed by atoms with Crippen molar-refractivity contribution < 1.29 is 29.0 Å². The van der Waals surface area contributed by atoms with Gasteiger partial charge in [-0.3, -0.25) is 4.79 Å². The molecule has 2 heterocycles. The van der Waals surface area contributed by atoms with Crippen LogP contribution >= 0.6 is 0 Å². The van der Waals surface area contributed by atoms with Crippen LogP contribution in [-0.2, 0) is 17.6 Å². The van der Waals surface area contributed by atoms with Crippen molar-refractivity contribution >= 4 is 5.97 Å². The van der Waals surface area contributed by atoms with E-state index in [1.807, 2.05) is 37.3 Å². The molecule has 2 aromatic heterocycles. The van der Waals surface area contributed by atoms with Gasteiger partial charge in [-0.15, -0.1) is 0 Å². The smallest absolute Gasteiger partial charge is 0.317 e. The first kappa shape index (κ1) is 26.6. The Morgan fingerprint density at radius 3 is 2.86 bits per heavy atom. The topological polar surface area (TPSA) is 140 Å². The fraction of sp³-hybridized carbons (Fsp3) is 0.481. The molecule has 1 aliphatic rings. The molecule has 10 nitrogen and oxygen atoms in total. The third kappa shape index (κ3) is 7.99. The molecule has 1 aliphatic carbocycles. The van der Waals surface area contributed by atoms with Gasteiger partial charge >= 0.3 is 5.97 Å². The molecule has 10 heteroatoms. The first-order valence-electron chi connectivity index (χ1n) is 12.8. The van der Waals surface area contributed by atoms with Gasteiger partial charge in [-0.1, -0.05) is 30.1 Å². The normalized spacial score (nSPS) is 14.5. The van der Waals surface area contributed by atoms with Gasteiger partial charge in [0.15, 0.2) is 12.1 Å². The SMILES string of the molecule is Cc1cc(CCc2noc(-c3cccnc3OCC3CCCC3)n2)ccc1O[C@H](O)CCNCC(=O)O. The highest BCUT2D eigenvalue weighted by molar-refractivity contribution is 5.68. The van der Waals surface area contributed by atoms with Crippen LogP contribution in [0.4, 0.5) is 0 Å². The average molecular weight is 511 g/mol. The lowest BCUT2D eigenvalue weighted by Gasteiger charge is -2.16. The van der Waals surface area contributed by atoms with Gasteiger partial charge in [-0.05, 0) is 61.4 Å². The third-order valence-electron chi connectivity index (χ3n) is 6.38. The Bertz CT molecular complexity index is 1160. The van der Waals surface area contributed by atoms with Gasteiger partial charge in [0.05, 0.1) is 13.2 Å². The Hall–Kier alpha value is -3.50. The average Bonchev–Trinajstić information content (AvgIpc) is 3.58. The quantitative estimate of drug-likeness (QED) is 0.218. The summed E-state index contributed by atoms with van der Waals surface area (Å²) in [4.78, 5) is 19.5. The molecule has 0 amide bonds. The summed E-state index contributed by atoms with van der Waals surface area (Å²) in [5, 5.41) is 25.6. The highest BCUT2D eigenvalue weighted by Gasteiger charge is 2.19. The maximum atomic E-state index is 10.5. The lowest BCUT2D eigenvalue weighted by Crippen LogP contribution is -2.28. The number of ether oxygens (including phenoxy) is 2. The number of aliphatic carboxylic acids is 1. The predicted molar refractivity (Wildman–Crippen MR) is 135 cm³/mol. The number of aromatic nitrogens is 3. The zero-order valence-corrected chi connectivity index (χ0v) is 21.1. The molecule has 1 atom stereocenters. The van der Waals surface area contributed by atoms with Crippen LogP contribution in [0.5, 0.6) is 11.6 Å². The van der Waals surface area contributed by atoms with Crippen molar-refractivity contribution in [2.75, 3.05) is 19.7 Å². The van der Waals surface area contributed by atoms with Crippen molar-refractivity contribution in [3.63, 3.8) is 0 Å². The molecule has 1 aromatic carbocycles. The molecule has 198 valence electrons. The molecule has 0 spiro atoms. The molecule has 0 aliphatic heterocycles. The molecule has 37 heavy (non-hydrogen) atoms. The standard InChI is InChI=1S/C27H34N4O6/c1-18-15-19(8-10-22(18)36-25(34)12-14-28-16-24(32)33)9-11-23-30-27(37-31-23)21-7-4-13-29-26(21)35-17-20-5-2-3-6-20/h4,7-8,10,13,15,20,25,28,34H,2-3,5-6,9,11-12,14,16-17H2,1H3,(H,32,33)/t25-/m0/s1. The molecule has 1 saturated carbocycles. The van der Waals surface area contributed by atoms with E-state index >= 15 is 0 Å². The Morgan fingerprint density at radius 1 is 1.24 bits per heavy atom. The molecular weight excluding hydrogens is 476 g/mol. The minimum atomic E-state index is -1.02. The number of rotatable bonds is 14. The number of aliphatic hydroxyl groups excluding tert-OH is 1. The van der Waals surface area contributed by atoms with Crippen LogP contribution in [0.15, 0.2) is 41.1 Å². The third-order valence-corrected chi connectivity index (χ3v) is 6.38. The van der Waals surface area contributed by atoms with Crippen molar-refractivity contribution in [1.82, 2.24) is 20.4 Å². The van der Waals surface area contributed by atoms with Gasteiger partial charge in [-0.2, -0.15) is 4.98 Å². The summed E-state index contributed by atoms with van der Waals surface area (Å²) < 4.78 is 17.1. The van der Waals surface area contributed by atoms with Gasteiger partial charge < -0.3 is 29.5 Å². The number of nitrogens with zero attached hydrogens (tertiary/aromatic N) is 3. The summed E-state index contributed by atoms with van der Waals surface area (Å²) in [6, 6.07) is 9.48. The molecule has 0 saturated heterocycles. The summed E-state index contributed by atoms with van der Waals surface area (Å²) >= 11 is 0. The molecule has 1 fully saturated rings. The van der Waals surface area contributed by atoms with E-state index in [4.69, 9.17) is 19.1 Å². The molecule has 4 rings (SSSR count). The number of hydrogen-bond acceptors (Lipinski definition) is 9. The Kier molecular flexibility index (Phi) is 9.45. The molecule has 0 unspecified atom stereocenters. The van der Waals surface area contributed by atoms with Crippen LogP contribution in [0.2, 0.25) is 0 Å². The van der Waals surface area contributed by atoms with Crippen LogP contribution in [0.25, 0.3) is 11.5 Å². The second kappa shape index (κ2) is 13.2. The van der Waals surface area contributed by atoms with E-state index in [9.17, 15) is 9.90 Å². The van der Waals surface area contributed by atoms with E-state index < -0.39 is 12.3 Å². The number of aliphatic hydroxyl groups is 1. The molecular formula is C27H34N4O6. The highest BCUT2D eigenvalue weighted by atomic mass is 16.6. The summed E-state index contributed by atoms with van der Waals surface area (Å²) in [6.07, 6.45) is 7.19. The van der Waals surface area contributed by atoms with Crippen molar-refractivity contribution in [2.24, 2.45) is 5.92 Å². The second-order valence-electron chi connectivity index (χ2n) is 9.36. The van der Waals surface area contributed by atoms with Crippen LogP contribution in [0, 0.1) is 12.8 Å². The Balaban J connectivity index is 1.29. The largest absolute Gasteiger partial charge is 0.480 e. The zero-order valence-electron chi connectivity index (χ0n) is 21.1. The monoisotopic (exact) mass is 510 g/mol. The number of nitrogens with one attached hydrogen (secondary N) is 1. The van der Waals surface area contributed by atoms with Crippen LogP contribution in [0.3, 0.4) is 0 Å². The Morgan fingerprint density at radius 2 is 2.08 bits per heavy atom. The molecule has 0 bridgehead atoms. The summed E-state index contributed by atoms with van der Waals surface area (Å²) in [5.41, 5.74) is 2.67. The van der Waals surface area contributed by atoms with Crippen LogP contribution < -0.4 is 14.8 Å². The number of carboxylic acid groups (broad SMARTS) is 1. The van der Waals surface area contributed by atoms with E-state index in [0.717, 1.165) is 11.1 Å². The van der Waals surface area contributed by atoms with Gasteiger partial charge in [-0.25, -0.2) is 4.98 Å². The van der Waals surface area contributed by atoms with Crippen molar-refractivity contribution in [3.8, 4) is 23.1 Å². The fourth-order valence-electron chi connectivity index (χ4n) is 4.39. The first-order valence-corrected chi connectivity index (χ1v) is 12.8. The van der Waals surface area contributed by atoms with Gasteiger partial charge in [0.2, 0.25) is 5.88 Å². The number of aryl methyl sites for hydroxylation is 3. The predicted octanol–water partition coefficient (Wildman–Crippen LogP) is 3.56. The summed E-state index contributed by atoms with van der Waals surface area (Å²) in [5.74, 6) is 1.74. The van der Waals surface area contributed by atoms with Gasteiger partial charge in [0.25, 0.3) is 5.89 Å². The van der Waals surface area contributed by atoms with Crippen molar-refractivity contribution in [3.05, 3.63) is 53.5 Å². The van der Waals surface area contributed by atoms with E-state index in [0.29, 0.717) is 60.8 Å². The number of hydrogen-bond donors (Lipinski definition) is 3. The number of carbonyl (C=O) groups is 1. The van der Waals surface area contributed by atoms with Crippen LogP contribution in [-0.4, -0.2) is 57.3 Å². The molecule has 0 radical (unpaired) electrons. The van der Waals surface area contributed by atoms with Crippen molar-refractivity contribution in [2.45, 2.75) is 58.2 Å². The van der Waals surface area contributed by atoms with Gasteiger partial charge in [0.1, 0.15) is 11.3 Å². The van der Waals surface area contributed by atoms with Gasteiger partial charge in [0, 0.05) is 25.6 Å². The highest BCUT2D eigenvalue weighted by Crippen LogP contribution is 2.30. The van der Waals surface area contributed by atoms with Crippen molar-refractivity contribution in [1.29, 1.82) is 0 Å². The number of pyridine rings is 1. The van der Waals surface area contributed by atoms with E-state index in [1.165, 1.54) is 25.7 Å². The van der Waals surface area contributed by atoms with E-state index in [-0.39, 0.29) is 13.0 Å². The lowest BCUT2D eigenvalue weighted by atomic mass is 10.1. The fourth-order valence-corrected chi connectivity index (χ4v) is 4.39. The first-order chi connectivity index (χ1) is 18.0. The van der Waals surface area contributed by atoms with E-state index in [1.54, 1.807) is 6.20 Å². The maximum Gasteiger partial charge on any atom is 0.317 e. The van der Waals surface area contributed by atoms with E-state index in [2.05, 4.69) is 20.4 Å². The molecule has 3 N–H and O–H groups in total. The maximum absolute atomic E-state index is 10.5. The lowest BCUT2D eigenvalue weighted by molar-refractivity contribution is -0.136. The minimum absolute atomic E-state index is 0.153. The Labute approximate surface area is 216 Å². The number of carboxylic acids is 1. The van der Waals surface area contributed by atoms with Crippen LogP contribution in [0.1, 0.15) is 49.1 Å². The summed E-state index contributed by atoms with van der Waals surface area (Å²) in [7, 11) is 0. The number of benzene rings is 1.